The third kappa shape index (κ3) is 3.61. The summed E-state index contributed by atoms with van der Waals surface area (Å²) in [6.07, 6.45) is 1.59. The van der Waals surface area contributed by atoms with Crippen LogP contribution in [0.4, 0.5) is 11.6 Å². The highest BCUT2D eigenvalue weighted by Gasteiger charge is 2.45. The van der Waals surface area contributed by atoms with E-state index in [1.807, 2.05) is 6.92 Å². The van der Waals surface area contributed by atoms with E-state index in [0.717, 1.165) is 11.3 Å². The number of hydrogen-bond acceptors (Lipinski definition) is 7. The minimum atomic E-state index is -1.21. The number of anilines is 1. The molecule has 0 saturated carbocycles. The Labute approximate surface area is 138 Å². The van der Waals surface area contributed by atoms with Gasteiger partial charge in [0.15, 0.2) is 11.4 Å². The predicted molar refractivity (Wildman–Crippen MR) is 83.8 cm³/mol. The van der Waals surface area contributed by atoms with Crippen LogP contribution in [0.25, 0.3) is 0 Å². The lowest BCUT2D eigenvalue weighted by Gasteiger charge is -2.35. The molecule has 1 aromatic rings. The molecule has 24 heavy (non-hydrogen) atoms. The second-order valence-corrected chi connectivity index (χ2v) is 5.83. The van der Waals surface area contributed by atoms with Gasteiger partial charge >= 0.3 is 11.8 Å². The van der Waals surface area contributed by atoms with Gasteiger partial charge in [0.25, 0.3) is 11.7 Å². The minimum absolute atomic E-state index is 0.0547. The molecule has 0 saturated heterocycles. The van der Waals surface area contributed by atoms with Gasteiger partial charge in [0.1, 0.15) is 6.54 Å². The maximum Gasteiger partial charge on any atom is 0.366 e. The van der Waals surface area contributed by atoms with Crippen molar-refractivity contribution in [2.75, 3.05) is 18.1 Å². The lowest BCUT2D eigenvalue weighted by molar-refractivity contribution is -0.389. The maximum atomic E-state index is 12.5. The number of rotatable bonds is 6. The molecule has 0 aromatic carbocycles. The molecule has 1 amide bonds. The zero-order valence-electron chi connectivity index (χ0n) is 13.8. The van der Waals surface area contributed by atoms with Gasteiger partial charge in [0, 0.05) is 6.07 Å². The number of esters is 1. The average Bonchev–Trinajstić information content (AvgIpc) is 2.51. The molecule has 9 nitrogen and oxygen atoms in total. The highest BCUT2D eigenvalue weighted by molar-refractivity contribution is 6.04. The van der Waals surface area contributed by atoms with E-state index >= 15 is 0 Å². The van der Waals surface area contributed by atoms with Crippen molar-refractivity contribution in [1.29, 1.82) is 0 Å². The first kappa shape index (κ1) is 17.6. The Bertz CT molecular complexity index is 673. The van der Waals surface area contributed by atoms with E-state index in [9.17, 15) is 19.7 Å². The fourth-order valence-electron chi connectivity index (χ4n) is 2.19. The molecule has 0 fully saturated rings. The molecule has 0 spiro atoms. The largest absolute Gasteiger partial charge is 0.472 e. The SMILES string of the molecule is CCCCOC(=O)CN1C(=O)C(C)(C)Oc2ccc([N+](=O)[O-])nc21. The van der Waals surface area contributed by atoms with Crippen LogP contribution in [0.3, 0.4) is 0 Å². The number of carbonyl (C=O) groups excluding carboxylic acids is 2. The summed E-state index contributed by atoms with van der Waals surface area (Å²) in [5.41, 5.74) is -1.21. The predicted octanol–water partition coefficient (Wildman–Crippen LogP) is 1.84. The molecule has 2 heterocycles. The third-order valence-corrected chi connectivity index (χ3v) is 3.44. The molecule has 0 aliphatic carbocycles. The minimum Gasteiger partial charge on any atom is -0.472 e. The molecule has 0 bridgehead atoms. The van der Waals surface area contributed by atoms with Gasteiger partial charge in [0.05, 0.1) is 6.61 Å². The lowest BCUT2D eigenvalue weighted by Crippen LogP contribution is -2.54. The molecular weight excluding hydrogens is 318 g/mol. The van der Waals surface area contributed by atoms with Gasteiger partial charge < -0.3 is 19.6 Å². The summed E-state index contributed by atoms with van der Waals surface area (Å²) in [4.78, 5) is 39.6. The molecule has 0 radical (unpaired) electrons. The van der Waals surface area contributed by atoms with Crippen LogP contribution in [0.2, 0.25) is 0 Å². The molecule has 0 unspecified atom stereocenters. The van der Waals surface area contributed by atoms with Crippen LogP contribution in [0.5, 0.6) is 5.75 Å². The van der Waals surface area contributed by atoms with Crippen LogP contribution in [-0.2, 0) is 14.3 Å². The third-order valence-electron chi connectivity index (χ3n) is 3.44. The van der Waals surface area contributed by atoms with Crippen molar-refractivity contribution in [2.45, 2.75) is 39.2 Å². The van der Waals surface area contributed by atoms with Gasteiger partial charge in [-0.3, -0.25) is 14.5 Å². The van der Waals surface area contributed by atoms with Gasteiger partial charge in [-0.1, -0.05) is 13.3 Å². The number of carbonyl (C=O) groups is 2. The highest BCUT2D eigenvalue weighted by Crippen LogP contribution is 2.37. The summed E-state index contributed by atoms with van der Waals surface area (Å²) in [7, 11) is 0. The molecule has 1 aliphatic rings. The second kappa shape index (κ2) is 6.81. The fraction of sp³-hybridized carbons (Fsp3) is 0.533. The first-order valence-corrected chi connectivity index (χ1v) is 7.58. The Balaban J connectivity index is 2.31. The molecule has 9 heteroatoms. The van der Waals surface area contributed by atoms with Gasteiger partial charge in [-0.15, -0.1) is 0 Å². The van der Waals surface area contributed by atoms with Crippen LogP contribution in [0, 0.1) is 10.1 Å². The summed E-state index contributed by atoms with van der Waals surface area (Å²) < 4.78 is 10.6. The van der Waals surface area contributed by atoms with Gasteiger partial charge in [-0.05, 0) is 36.2 Å². The van der Waals surface area contributed by atoms with E-state index in [4.69, 9.17) is 9.47 Å². The quantitative estimate of drug-likeness (QED) is 0.337. The summed E-state index contributed by atoms with van der Waals surface area (Å²) in [5.74, 6) is -1.41. The van der Waals surface area contributed by atoms with Crippen LogP contribution in [0.1, 0.15) is 33.6 Å². The van der Waals surface area contributed by atoms with Crippen molar-refractivity contribution in [2.24, 2.45) is 0 Å². The Morgan fingerprint density at radius 2 is 2.17 bits per heavy atom. The first-order valence-electron chi connectivity index (χ1n) is 7.58. The summed E-state index contributed by atoms with van der Waals surface area (Å²) >= 11 is 0. The summed E-state index contributed by atoms with van der Waals surface area (Å²) in [6, 6.07) is 2.55. The van der Waals surface area contributed by atoms with Crippen molar-refractivity contribution in [3.63, 3.8) is 0 Å². The highest BCUT2D eigenvalue weighted by atomic mass is 16.6. The number of hydrogen-bond donors (Lipinski definition) is 0. The van der Waals surface area contributed by atoms with E-state index in [1.54, 1.807) is 13.8 Å². The Hall–Kier alpha value is -2.71. The number of unbranched alkanes of at least 4 members (excludes halogenated alkanes) is 1. The van der Waals surface area contributed by atoms with Crippen molar-refractivity contribution in [3.8, 4) is 5.75 Å². The van der Waals surface area contributed by atoms with E-state index < -0.39 is 28.2 Å². The number of amides is 1. The molecule has 130 valence electrons. The van der Waals surface area contributed by atoms with Gasteiger partial charge in [-0.25, -0.2) is 0 Å². The number of ether oxygens (including phenoxy) is 2. The molecule has 0 atom stereocenters. The monoisotopic (exact) mass is 337 g/mol. The average molecular weight is 337 g/mol. The van der Waals surface area contributed by atoms with Crippen molar-refractivity contribution >= 4 is 23.5 Å². The van der Waals surface area contributed by atoms with E-state index in [-0.39, 0.29) is 24.7 Å². The molecule has 0 N–H and O–H groups in total. The number of nitro groups is 1. The second-order valence-electron chi connectivity index (χ2n) is 5.83. The summed E-state index contributed by atoms with van der Waals surface area (Å²) in [5, 5.41) is 10.9. The number of nitrogens with zero attached hydrogens (tertiary/aromatic N) is 3. The first-order chi connectivity index (χ1) is 11.3. The van der Waals surface area contributed by atoms with Crippen LogP contribution in [0.15, 0.2) is 12.1 Å². The zero-order valence-corrected chi connectivity index (χ0v) is 13.8. The Morgan fingerprint density at radius 1 is 1.46 bits per heavy atom. The Morgan fingerprint density at radius 3 is 2.79 bits per heavy atom. The Kier molecular flexibility index (Phi) is 5.01. The maximum absolute atomic E-state index is 12.5. The number of aromatic nitrogens is 1. The summed E-state index contributed by atoms with van der Waals surface area (Å²) in [6.45, 7) is 4.94. The van der Waals surface area contributed by atoms with Gasteiger partial charge in [0.2, 0.25) is 0 Å². The van der Waals surface area contributed by atoms with E-state index in [1.165, 1.54) is 12.1 Å². The molecule has 2 rings (SSSR count). The van der Waals surface area contributed by atoms with Crippen LogP contribution < -0.4 is 9.64 Å². The fourth-order valence-corrected chi connectivity index (χ4v) is 2.19. The standard InChI is InChI=1S/C15H19N3O6/c1-4-5-8-23-12(19)9-17-13-10(24-15(2,3)14(17)20)6-7-11(16-13)18(21)22/h6-7H,4-5,8-9H2,1-3H3. The van der Waals surface area contributed by atoms with Crippen LogP contribution >= 0.6 is 0 Å². The molecular formula is C15H19N3O6. The lowest BCUT2D eigenvalue weighted by atomic mass is 10.1. The van der Waals surface area contributed by atoms with Crippen molar-refractivity contribution < 1.29 is 24.0 Å². The van der Waals surface area contributed by atoms with Crippen molar-refractivity contribution in [3.05, 3.63) is 22.2 Å². The van der Waals surface area contributed by atoms with E-state index in [2.05, 4.69) is 4.98 Å². The van der Waals surface area contributed by atoms with Crippen molar-refractivity contribution in [1.82, 2.24) is 4.98 Å². The van der Waals surface area contributed by atoms with E-state index in [0.29, 0.717) is 6.42 Å². The zero-order chi connectivity index (χ0) is 17.9. The van der Waals surface area contributed by atoms with Crippen LogP contribution in [-0.4, -0.2) is 40.5 Å². The molecule has 1 aromatic heterocycles. The number of pyridine rings is 1. The number of fused-ring (bicyclic) bond motifs is 1. The topological polar surface area (TPSA) is 112 Å². The smallest absolute Gasteiger partial charge is 0.366 e. The molecule has 1 aliphatic heterocycles. The normalized spacial score (nSPS) is 15.5. The van der Waals surface area contributed by atoms with Gasteiger partial charge in [-0.2, -0.15) is 0 Å².